The summed E-state index contributed by atoms with van der Waals surface area (Å²) >= 11 is 0. The van der Waals surface area contributed by atoms with E-state index in [1.807, 2.05) is 0 Å². The highest BCUT2D eigenvalue weighted by molar-refractivity contribution is 5.49. The van der Waals surface area contributed by atoms with E-state index in [0.29, 0.717) is 10.8 Å². The Labute approximate surface area is 155 Å². The van der Waals surface area contributed by atoms with Crippen molar-refractivity contribution in [1.29, 1.82) is 0 Å². The minimum absolute atomic E-state index is 0.571. The molecule has 4 saturated carbocycles. The molecule has 0 aromatic rings. The lowest BCUT2D eigenvalue weighted by Crippen LogP contribution is -2.53. The molecule has 1 nitrogen and oxygen atoms in total. The first-order valence-electron chi connectivity index (χ1n) is 11.4. The van der Waals surface area contributed by atoms with Crippen LogP contribution in [0.4, 0.5) is 0 Å². The summed E-state index contributed by atoms with van der Waals surface area (Å²) in [4.78, 5) is 10.8. The van der Waals surface area contributed by atoms with Crippen LogP contribution in [0.5, 0.6) is 0 Å². The molecule has 4 rings (SSSR count). The lowest BCUT2D eigenvalue weighted by molar-refractivity contribution is -0.115. The van der Waals surface area contributed by atoms with Gasteiger partial charge in [-0.1, -0.05) is 33.6 Å². The van der Waals surface area contributed by atoms with E-state index in [1.54, 1.807) is 0 Å². The van der Waals surface area contributed by atoms with Crippen LogP contribution >= 0.6 is 0 Å². The quantitative estimate of drug-likeness (QED) is 0.522. The van der Waals surface area contributed by atoms with Crippen molar-refractivity contribution in [3.63, 3.8) is 0 Å². The Kier molecular flexibility index (Phi) is 4.82. The van der Waals surface area contributed by atoms with Gasteiger partial charge >= 0.3 is 0 Å². The second kappa shape index (κ2) is 6.68. The van der Waals surface area contributed by atoms with Gasteiger partial charge in [-0.25, -0.2) is 0 Å². The Bertz CT molecular complexity index is 498. The highest BCUT2D eigenvalue weighted by Crippen LogP contribution is 2.68. The van der Waals surface area contributed by atoms with E-state index >= 15 is 0 Å². The zero-order valence-electron chi connectivity index (χ0n) is 16.9. The van der Waals surface area contributed by atoms with Crippen molar-refractivity contribution in [3.05, 3.63) is 0 Å². The average molecular weight is 345 g/mol. The minimum atomic E-state index is 0.571. The molecule has 0 heterocycles. The molecule has 0 N–H and O–H groups in total. The third kappa shape index (κ3) is 2.74. The minimum Gasteiger partial charge on any atom is -0.303 e. The summed E-state index contributed by atoms with van der Waals surface area (Å²) in [6, 6.07) is 0. The molecule has 1 heteroatoms. The van der Waals surface area contributed by atoms with Crippen molar-refractivity contribution in [1.82, 2.24) is 0 Å². The van der Waals surface area contributed by atoms with Gasteiger partial charge in [0.1, 0.15) is 6.29 Å². The number of hydrogen-bond acceptors (Lipinski definition) is 1. The lowest BCUT2D eigenvalue weighted by atomic mass is 9.44. The standard InChI is InChI=1S/C24H40O/c1-17(7-6-16-25)20-11-12-21-19-10-9-18-8-4-5-14-23(18,2)22(19)13-15-24(20,21)3/h16-22H,4-15H2,1-3H3/t17?,18-,19-,20?,21-,22-,23-,24+/m0/s1. The number of aldehydes is 1. The van der Waals surface area contributed by atoms with Crippen molar-refractivity contribution >= 4 is 6.29 Å². The van der Waals surface area contributed by atoms with E-state index in [4.69, 9.17) is 0 Å². The Morgan fingerprint density at radius 3 is 2.52 bits per heavy atom. The monoisotopic (exact) mass is 344 g/mol. The van der Waals surface area contributed by atoms with Gasteiger partial charge in [-0.3, -0.25) is 0 Å². The molecule has 4 aliphatic carbocycles. The molecule has 0 amide bonds. The fourth-order valence-electron chi connectivity index (χ4n) is 8.80. The van der Waals surface area contributed by atoms with Crippen molar-refractivity contribution in [2.24, 2.45) is 46.3 Å². The smallest absolute Gasteiger partial charge is 0.120 e. The predicted octanol–water partition coefficient (Wildman–Crippen LogP) is 6.65. The molecule has 0 aromatic heterocycles. The van der Waals surface area contributed by atoms with Gasteiger partial charge in [-0.2, -0.15) is 0 Å². The predicted molar refractivity (Wildman–Crippen MR) is 104 cm³/mol. The van der Waals surface area contributed by atoms with Crippen LogP contribution in [-0.4, -0.2) is 6.29 Å². The van der Waals surface area contributed by atoms with Crippen molar-refractivity contribution in [2.75, 3.05) is 0 Å². The van der Waals surface area contributed by atoms with Gasteiger partial charge in [0.2, 0.25) is 0 Å². The maximum atomic E-state index is 10.8. The fraction of sp³-hybridized carbons (Fsp3) is 0.958. The highest BCUT2D eigenvalue weighted by atomic mass is 16.1. The highest BCUT2D eigenvalue weighted by Gasteiger charge is 2.59. The average Bonchev–Trinajstić information content (AvgIpc) is 2.96. The summed E-state index contributed by atoms with van der Waals surface area (Å²) in [5.41, 5.74) is 1.24. The molecule has 0 bridgehead atoms. The van der Waals surface area contributed by atoms with Crippen LogP contribution in [-0.2, 0) is 4.79 Å². The molecule has 4 aliphatic rings. The summed E-state index contributed by atoms with van der Waals surface area (Å²) < 4.78 is 0. The van der Waals surface area contributed by atoms with Gasteiger partial charge in [0.05, 0.1) is 0 Å². The third-order valence-corrected chi connectivity index (χ3v) is 10.1. The fourth-order valence-corrected chi connectivity index (χ4v) is 8.80. The summed E-state index contributed by atoms with van der Waals surface area (Å²) in [7, 11) is 0. The van der Waals surface area contributed by atoms with Crippen LogP contribution in [0.25, 0.3) is 0 Å². The van der Waals surface area contributed by atoms with E-state index in [2.05, 4.69) is 20.8 Å². The second-order valence-corrected chi connectivity index (χ2v) is 10.9. The van der Waals surface area contributed by atoms with Crippen LogP contribution in [0.1, 0.15) is 97.8 Å². The molecule has 142 valence electrons. The van der Waals surface area contributed by atoms with Crippen LogP contribution < -0.4 is 0 Å². The first kappa shape index (κ1) is 18.1. The van der Waals surface area contributed by atoms with E-state index in [9.17, 15) is 4.79 Å². The number of carbonyl (C=O) groups is 1. The summed E-state index contributed by atoms with van der Waals surface area (Å²) in [6.07, 6.45) is 18.0. The van der Waals surface area contributed by atoms with Crippen LogP contribution in [0.3, 0.4) is 0 Å². The van der Waals surface area contributed by atoms with Crippen LogP contribution in [0.15, 0.2) is 0 Å². The van der Waals surface area contributed by atoms with Crippen molar-refractivity contribution in [3.8, 4) is 0 Å². The SMILES string of the molecule is CC(CCC=O)C1CC[C@H]2[C@@H]3CC[C@@H]4CCCC[C@]4(C)[C@H]3CC[C@]12C. The maximum absolute atomic E-state index is 10.8. The Balaban J connectivity index is 1.54. The lowest BCUT2D eigenvalue weighted by Gasteiger charge is -2.61. The number of rotatable bonds is 4. The first-order valence-corrected chi connectivity index (χ1v) is 11.4. The Hall–Kier alpha value is -0.330. The molecule has 0 spiro atoms. The Morgan fingerprint density at radius 1 is 0.920 bits per heavy atom. The molecule has 0 aromatic carbocycles. The molecule has 8 atom stereocenters. The van der Waals surface area contributed by atoms with Gasteiger partial charge in [0, 0.05) is 6.42 Å². The zero-order valence-corrected chi connectivity index (χ0v) is 16.9. The van der Waals surface area contributed by atoms with Crippen LogP contribution in [0.2, 0.25) is 0 Å². The number of carbonyl (C=O) groups excluding carboxylic acids is 1. The molecule has 4 fully saturated rings. The van der Waals surface area contributed by atoms with E-state index in [1.165, 1.54) is 64.2 Å². The van der Waals surface area contributed by atoms with Crippen molar-refractivity contribution < 1.29 is 4.79 Å². The molecular formula is C24H40O. The summed E-state index contributed by atoms with van der Waals surface area (Å²) in [5.74, 6) is 5.66. The zero-order chi connectivity index (χ0) is 17.7. The van der Waals surface area contributed by atoms with E-state index in [0.717, 1.165) is 54.6 Å². The number of hydrogen-bond donors (Lipinski definition) is 0. The largest absolute Gasteiger partial charge is 0.303 e. The van der Waals surface area contributed by atoms with Gasteiger partial charge in [-0.05, 0) is 104 Å². The van der Waals surface area contributed by atoms with Crippen LogP contribution in [0, 0.1) is 46.3 Å². The van der Waals surface area contributed by atoms with Gasteiger partial charge in [-0.15, -0.1) is 0 Å². The Morgan fingerprint density at radius 2 is 1.72 bits per heavy atom. The topological polar surface area (TPSA) is 17.1 Å². The molecule has 0 radical (unpaired) electrons. The molecule has 25 heavy (non-hydrogen) atoms. The van der Waals surface area contributed by atoms with E-state index in [-0.39, 0.29) is 0 Å². The normalized spacial score (nSPS) is 50.4. The maximum Gasteiger partial charge on any atom is 0.120 e. The van der Waals surface area contributed by atoms with E-state index < -0.39 is 0 Å². The summed E-state index contributed by atoms with van der Waals surface area (Å²) in [6.45, 7) is 7.78. The molecule has 2 unspecified atom stereocenters. The first-order chi connectivity index (χ1) is 12.0. The molecular weight excluding hydrogens is 304 g/mol. The van der Waals surface area contributed by atoms with Gasteiger partial charge < -0.3 is 4.79 Å². The second-order valence-electron chi connectivity index (χ2n) is 10.9. The van der Waals surface area contributed by atoms with Gasteiger partial charge in [0.25, 0.3) is 0 Å². The third-order valence-electron chi connectivity index (χ3n) is 10.1. The molecule has 0 aliphatic heterocycles. The van der Waals surface area contributed by atoms with Crippen molar-refractivity contribution in [2.45, 2.75) is 97.8 Å². The number of fused-ring (bicyclic) bond motifs is 5. The van der Waals surface area contributed by atoms with Gasteiger partial charge in [0.15, 0.2) is 0 Å². The molecule has 0 saturated heterocycles. The summed E-state index contributed by atoms with van der Waals surface area (Å²) in [5, 5.41) is 0.